The summed E-state index contributed by atoms with van der Waals surface area (Å²) in [5, 5.41) is 2.38. The highest BCUT2D eigenvalue weighted by Gasteiger charge is 2.16. The standard InChI is InChI=1S/C5H7NO3/c7-4-5(8)9-3-1-2-6-4/h1-3H2,(H,6,7). The highest BCUT2D eigenvalue weighted by Crippen LogP contribution is 1.88. The number of hydrogen-bond acceptors (Lipinski definition) is 3. The number of rotatable bonds is 0. The van der Waals surface area contributed by atoms with E-state index in [-0.39, 0.29) is 0 Å². The Morgan fingerprint density at radius 3 is 3.00 bits per heavy atom. The van der Waals surface area contributed by atoms with Gasteiger partial charge in [-0.05, 0) is 6.42 Å². The van der Waals surface area contributed by atoms with Gasteiger partial charge in [0, 0.05) is 6.54 Å². The molecule has 50 valence electrons. The molecule has 1 N–H and O–H groups in total. The third kappa shape index (κ3) is 1.42. The van der Waals surface area contributed by atoms with Crippen LogP contribution < -0.4 is 5.32 Å². The maximum atomic E-state index is 10.4. The molecule has 1 fully saturated rings. The van der Waals surface area contributed by atoms with Crippen LogP contribution in [0.25, 0.3) is 0 Å². The summed E-state index contributed by atoms with van der Waals surface area (Å²) in [7, 11) is 0. The van der Waals surface area contributed by atoms with Gasteiger partial charge in [0.15, 0.2) is 0 Å². The number of ether oxygens (including phenoxy) is 1. The van der Waals surface area contributed by atoms with E-state index in [1.807, 2.05) is 0 Å². The van der Waals surface area contributed by atoms with Crippen molar-refractivity contribution >= 4 is 11.9 Å². The number of nitrogens with one attached hydrogen (secondary N) is 1. The number of hydrogen-bond donors (Lipinski definition) is 1. The van der Waals surface area contributed by atoms with E-state index in [1.54, 1.807) is 0 Å². The van der Waals surface area contributed by atoms with E-state index >= 15 is 0 Å². The van der Waals surface area contributed by atoms with Gasteiger partial charge >= 0.3 is 11.9 Å². The predicted molar refractivity (Wildman–Crippen MR) is 28.6 cm³/mol. The molecule has 4 nitrogen and oxygen atoms in total. The lowest BCUT2D eigenvalue weighted by molar-refractivity contribution is -0.153. The Hall–Kier alpha value is -1.06. The molecule has 0 spiro atoms. The van der Waals surface area contributed by atoms with Crippen molar-refractivity contribution < 1.29 is 14.3 Å². The van der Waals surface area contributed by atoms with Gasteiger partial charge in [-0.2, -0.15) is 0 Å². The Kier molecular flexibility index (Phi) is 1.67. The zero-order valence-electron chi connectivity index (χ0n) is 4.85. The maximum Gasteiger partial charge on any atom is 0.396 e. The molecule has 0 radical (unpaired) electrons. The molecule has 0 aliphatic carbocycles. The van der Waals surface area contributed by atoms with Crippen molar-refractivity contribution in [3.05, 3.63) is 0 Å². The molecule has 0 aromatic heterocycles. The Balaban J connectivity index is 2.51. The van der Waals surface area contributed by atoms with Gasteiger partial charge in [0.25, 0.3) is 0 Å². The summed E-state index contributed by atoms with van der Waals surface area (Å²) in [6.45, 7) is 0.877. The maximum absolute atomic E-state index is 10.4. The Bertz CT molecular complexity index is 127. The molecule has 1 aliphatic rings. The number of carbonyl (C=O) groups excluding carboxylic acids is 2. The minimum Gasteiger partial charge on any atom is -0.458 e. The number of carbonyl (C=O) groups is 2. The minimum atomic E-state index is -0.771. The smallest absolute Gasteiger partial charge is 0.396 e. The van der Waals surface area contributed by atoms with Gasteiger partial charge in [-0.1, -0.05) is 0 Å². The Labute approximate surface area is 52.2 Å². The van der Waals surface area contributed by atoms with Crippen LogP contribution in [0.15, 0.2) is 0 Å². The summed E-state index contributed by atoms with van der Waals surface area (Å²) < 4.78 is 4.46. The average molecular weight is 129 g/mol. The zero-order chi connectivity index (χ0) is 6.69. The second-order valence-corrected chi connectivity index (χ2v) is 1.75. The highest BCUT2D eigenvalue weighted by molar-refractivity contribution is 6.32. The van der Waals surface area contributed by atoms with E-state index in [1.165, 1.54) is 0 Å². The second-order valence-electron chi connectivity index (χ2n) is 1.75. The first kappa shape index (κ1) is 6.07. The molecule has 0 aromatic rings. The van der Waals surface area contributed by atoms with E-state index in [4.69, 9.17) is 0 Å². The zero-order valence-corrected chi connectivity index (χ0v) is 4.85. The fraction of sp³-hybridized carbons (Fsp3) is 0.600. The summed E-state index contributed by atoms with van der Waals surface area (Å²) in [6, 6.07) is 0. The molecule has 4 heteroatoms. The first-order chi connectivity index (χ1) is 4.30. The third-order valence-electron chi connectivity index (χ3n) is 1.03. The van der Waals surface area contributed by atoms with Crippen LogP contribution in [0.3, 0.4) is 0 Å². The van der Waals surface area contributed by atoms with E-state index in [9.17, 15) is 9.59 Å². The van der Waals surface area contributed by atoms with E-state index in [2.05, 4.69) is 10.1 Å². The molecule has 0 bridgehead atoms. The van der Waals surface area contributed by atoms with Gasteiger partial charge in [-0.15, -0.1) is 0 Å². The van der Waals surface area contributed by atoms with Crippen molar-refractivity contribution in [2.24, 2.45) is 0 Å². The number of amides is 1. The van der Waals surface area contributed by atoms with Gasteiger partial charge in [0.05, 0.1) is 6.61 Å². The minimum absolute atomic E-state index is 0.345. The first-order valence-electron chi connectivity index (χ1n) is 2.75. The quantitative estimate of drug-likeness (QED) is 0.339. The molecule has 1 aliphatic heterocycles. The van der Waals surface area contributed by atoms with Crippen LogP contribution in [0.1, 0.15) is 6.42 Å². The normalized spacial score (nSPS) is 20.0. The summed E-state index contributed by atoms with van der Waals surface area (Å²) in [4.78, 5) is 20.8. The lowest BCUT2D eigenvalue weighted by Gasteiger charge is -1.92. The summed E-state index contributed by atoms with van der Waals surface area (Å²) >= 11 is 0. The SMILES string of the molecule is O=C1NCCCOC1=O. The average Bonchev–Trinajstić information content (AvgIpc) is 1.99. The fourth-order valence-corrected chi connectivity index (χ4v) is 0.577. The summed E-state index contributed by atoms with van der Waals surface area (Å²) in [6.07, 6.45) is 0.706. The lowest BCUT2D eigenvalue weighted by Crippen LogP contribution is -2.29. The van der Waals surface area contributed by atoms with Crippen molar-refractivity contribution in [1.82, 2.24) is 5.32 Å². The van der Waals surface area contributed by atoms with Crippen molar-refractivity contribution in [2.45, 2.75) is 6.42 Å². The van der Waals surface area contributed by atoms with Crippen LogP contribution in [-0.4, -0.2) is 25.0 Å². The molecule has 0 atom stereocenters. The Morgan fingerprint density at radius 2 is 2.22 bits per heavy atom. The molecule has 0 saturated carbocycles. The van der Waals surface area contributed by atoms with E-state index in [0.717, 1.165) is 0 Å². The van der Waals surface area contributed by atoms with Gasteiger partial charge < -0.3 is 10.1 Å². The van der Waals surface area contributed by atoms with Gasteiger partial charge in [0.2, 0.25) is 0 Å². The van der Waals surface area contributed by atoms with Gasteiger partial charge in [-0.3, -0.25) is 4.79 Å². The molecular weight excluding hydrogens is 122 g/mol. The largest absolute Gasteiger partial charge is 0.458 e. The van der Waals surface area contributed by atoms with E-state index in [0.29, 0.717) is 19.6 Å². The van der Waals surface area contributed by atoms with Gasteiger partial charge in [0.1, 0.15) is 0 Å². The Morgan fingerprint density at radius 1 is 1.44 bits per heavy atom. The van der Waals surface area contributed by atoms with Crippen molar-refractivity contribution in [3.63, 3.8) is 0 Å². The monoisotopic (exact) mass is 129 g/mol. The topological polar surface area (TPSA) is 55.4 Å². The second kappa shape index (κ2) is 2.48. The van der Waals surface area contributed by atoms with E-state index < -0.39 is 11.9 Å². The predicted octanol–water partition coefficient (Wildman–Crippen LogP) is -0.951. The van der Waals surface area contributed by atoms with Crippen LogP contribution in [-0.2, 0) is 14.3 Å². The molecule has 1 rings (SSSR count). The van der Waals surface area contributed by atoms with Crippen molar-refractivity contribution in [3.8, 4) is 0 Å². The number of esters is 1. The molecule has 1 amide bonds. The van der Waals surface area contributed by atoms with Crippen molar-refractivity contribution in [1.29, 1.82) is 0 Å². The molecule has 9 heavy (non-hydrogen) atoms. The van der Waals surface area contributed by atoms with Crippen LogP contribution in [0.4, 0.5) is 0 Å². The molecule has 0 unspecified atom stereocenters. The van der Waals surface area contributed by atoms with Crippen LogP contribution in [0.2, 0.25) is 0 Å². The summed E-state index contributed by atoms with van der Waals surface area (Å²) in [5.41, 5.74) is 0. The van der Waals surface area contributed by atoms with Crippen LogP contribution >= 0.6 is 0 Å². The van der Waals surface area contributed by atoms with Gasteiger partial charge in [-0.25, -0.2) is 4.79 Å². The molecule has 0 aromatic carbocycles. The van der Waals surface area contributed by atoms with Crippen LogP contribution in [0, 0.1) is 0 Å². The van der Waals surface area contributed by atoms with Crippen molar-refractivity contribution in [2.75, 3.05) is 13.2 Å². The highest BCUT2D eigenvalue weighted by atomic mass is 16.5. The molecule has 1 saturated heterocycles. The van der Waals surface area contributed by atoms with Crippen LogP contribution in [0.5, 0.6) is 0 Å². The molecule has 1 heterocycles. The number of cyclic esters (lactones) is 1. The first-order valence-corrected chi connectivity index (χ1v) is 2.75. The third-order valence-corrected chi connectivity index (χ3v) is 1.03. The lowest BCUT2D eigenvalue weighted by atomic mass is 10.5. The molecular formula is C5H7NO3. The summed E-state index contributed by atoms with van der Waals surface area (Å²) in [5.74, 6) is -1.40. The fourth-order valence-electron chi connectivity index (χ4n) is 0.577.